The summed E-state index contributed by atoms with van der Waals surface area (Å²) >= 11 is 0.904. The molecule has 1 aromatic heterocycles. The zero-order valence-electron chi connectivity index (χ0n) is 20.5. The van der Waals surface area contributed by atoms with E-state index in [2.05, 4.69) is 4.98 Å². The Kier molecular flexibility index (Phi) is 7.68. The van der Waals surface area contributed by atoms with E-state index in [9.17, 15) is 23.9 Å². The molecule has 1 saturated heterocycles. The van der Waals surface area contributed by atoms with Gasteiger partial charge in [-0.3, -0.25) is 14.5 Å². The first-order chi connectivity index (χ1) is 17.8. The number of nitrogens with zero attached hydrogens (tertiary/aromatic N) is 2. The first-order valence-corrected chi connectivity index (χ1v) is 12.5. The van der Waals surface area contributed by atoms with E-state index in [-0.39, 0.29) is 22.2 Å². The normalized spacial score (nSPS) is 16.8. The maximum atomic E-state index is 13.7. The monoisotopic (exact) mass is 524 g/mol. The van der Waals surface area contributed by atoms with Crippen molar-refractivity contribution in [2.45, 2.75) is 33.2 Å². The molecular weight excluding hydrogens is 499 g/mol. The first kappa shape index (κ1) is 26.0. The molecule has 1 aliphatic heterocycles. The number of carbonyl (C=O) groups excluding carboxylic acids is 3. The van der Waals surface area contributed by atoms with Gasteiger partial charge in [0.2, 0.25) is 0 Å². The van der Waals surface area contributed by atoms with Crippen molar-refractivity contribution in [3.63, 3.8) is 0 Å². The molecule has 1 unspecified atom stereocenters. The van der Waals surface area contributed by atoms with Crippen molar-refractivity contribution in [2.24, 2.45) is 0 Å². The standard InChI is InChI=1S/C27H25FN2O6S/c1-4-14-36-19-12-8-17(9-13-19)22(31)20-21(16-6-10-18(28)11-7-16)30(25(33)23(20)32)27-29-15(3)24(37-27)26(34)35-5-2/h6-13,21,31H,4-5,14H2,1-3H3/b22-20+. The minimum absolute atomic E-state index is 0.0827. The lowest BCUT2D eigenvalue weighted by Crippen LogP contribution is -2.29. The van der Waals surface area contributed by atoms with Gasteiger partial charge < -0.3 is 14.6 Å². The third-order valence-electron chi connectivity index (χ3n) is 5.68. The van der Waals surface area contributed by atoms with Crippen LogP contribution in [0, 0.1) is 12.7 Å². The zero-order chi connectivity index (χ0) is 26.7. The number of Topliss-reactive ketones (excluding diaryl/α,β-unsaturated/α-hetero) is 1. The number of ketones is 1. The molecule has 10 heteroatoms. The molecule has 0 saturated carbocycles. The number of aliphatic hydroxyl groups excluding tert-OH is 1. The fourth-order valence-electron chi connectivity index (χ4n) is 3.95. The van der Waals surface area contributed by atoms with Gasteiger partial charge in [0, 0.05) is 5.56 Å². The number of benzene rings is 2. The van der Waals surface area contributed by atoms with Gasteiger partial charge in [0.15, 0.2) is 5.13 Å². The van der Waals surface area contributed by atoms with Gasteiger partial charge >= 0.3 is 11.9 Å². The first-order valence-electron chi connectivity index (χ1n) is 11.7. The summed E-state index contributed by atoms with van der Waals surface area (Å²) < 4.78 is 24.4. The van der Waals surface area contributed by atoms with Gasteiger partial charge in [0.05, 0.1) is 30.5 Å². The Labute approximate surface area is 217 Å². The Bertz CT molecular complexity index is 1360. The predicted octanol–water partition coefficient (Wildman–Crippen LogP) is 5.18. The molecule has 1 atom stereocenters. The molecule has 0 radical (unpaired) electrons. The van der Waals surface area contributed by atoms with E-state index in [1.54, 1.807) is 38.1 Å². The largest absolute Gasteiger partial charge is 0.507 e. The highest BCUT2D eigenvalue weighted by molar-refractivity contribution is 7.17. The number of hydrogen-bond donors (Lipinski definition) is 1. The van der Waals surface area contributed by atoms with Gasteiger partial charge in [0.1, 0.15) is 22.2 Å². The molecule has 1 aliphatic rings. The molecule has 1 N–H and O–H groups in total. The molecule has 0 aliphatic carbocycles. The number of esters is 1. The van der Waals surface area contributed by atoms with E-state index in [0.717, 1.165) is 22.7 Å². The summed E-state index contributed by atoms with van der Waals surface area (Å²) in [4.78, 5) is 44.6. The number of rotatable bonds is 8. The lowest BCUT2D eigenvalue weighted by molar-refractivity contribution is -0.132. The van der Waals surface area contributed by atoms with E-state index >= 15 is 0 Å². The van der Waals surface area contributed by atoms with Crippen molar-refractivity contribution in [1.29, 1.82) is 0 Å². The van der Waals surface area contributed by atoms with Gasteiger partial charge in [-0.15, -0.1) is 0 Å². The third-order valence-corrected chi connectivity index (χ3v) is 6.82. The second-order valence-electron chi connectivity index (χ2n) is 8.22. The molecule has 2 aromatic carbocycles. The molecule has 1 amide bonds. The molecule has 0 bridgehead atoms. The summed E-state index contributed by atoms with van der Waals surface area (Å²) in [7, 11) is 0. The highest BCUT2D eigenvalue weighted by atomic mass is 32.1. The number of aromatic nitrogens is 1. The molecule has 1 fully saturated rings. The Morgan fingerprint density at radius 3 is 2.41 bits per heavy atom. The van der Waals surface area contributed by atoms with Crippen molar-refractivity contribution >= 4 is 39.9 Å². The van der Waals surface area contributed by atoms with Crippen LogP contribution in [0.4, 0.5) is 9.52 Å². The van der Waals surface area contributed by atoms with Crippen LogP contribution in [0.25, 0.3) is 5.76 Å². The summed E-state index contributed by atoms with van der Waals surface area (Å²) in [6, 6.07) is 10.6. The quantitative estimate of drug-likeness (QED) is 0.187. The van der Waals surface area contributed by atoms with Crippen LogP contribution in [-0.2, 0) is 14.3 Å². The van der Waals surface area contributed by atoms with Gasteiger partial charge in [-0.1, -0.05) is 30.4 Å². The average Bonchev–Trinajstić information content (AvgIpc) is 3.40. The molecule has 0 spiro atoms. The van der Waals surface area contributed by atoms with Crippen LogP contribution in [-0.4, -0.2) is 41.0 Å². The number of aryl methyl sites for hydroxylation is 1. The highest BCUT2D eigenvalue weighted by Gasteiger charge is 2.48. The van der Waals surface area contributed by atoms with Gasteiger partial charge in [-0.05, 0) is 62.2 Å². The van der Waals surface area contributed by atoms with Crippen molar-refractivity contribution in [3.05, 3.63) is 81.6 Å². The highest BCUT2D eigenvalue weighted by Crippen LogP contribution is 2.44. The second kappa shape index (κ2) is 10.9. The average molecular weight is 525 g/mol. The summed E-state index contributed by atoms with van der Waals surface area (Å²) in [5.74, 6) is -2.75. The molecule has 4 rings (SSSR count). The summed E-state index contributed by atoms with van der Waals surface area (Å²) in [6.07, 6.45) is 0.830. The number of anilines is 1. The molecule has 3 aromatic rings. The van der Waals surface area contributed by atoms with Crippen LogP contribution in [0.1, 0.15) is 52.8 Å². The number of thiazole rings is 1. The lowest BCUT2D eigenvalue weighted by atomic mass is 9.95. The summed E-state index contributed by atoms with van der Waals surface area (Å²) in [6.45, 7) is 5.94. The minimum Gasteiger partial charge on any atom is -0.507 e. The molecule has 2 heterocycles. The van der Waals surface area contributed by atoms with Crippen LogP contribution in [0.2, 0.25) is 0 Å². The van der Waals surface area contributed by atoms with Crippen molar-refractivity contribution < 1.29 is 33.4 Å². The topological polar surface area (TPSA) is 106 Å². The maximum Gasteiger partial charge on any atom is 0.350 e. The van der Waals surface area contributed by atoms with Crippen molar-refractivity contribution in [2.75, 3.05) is 18.1 Å². The molecule has 8 nitrogen and oxygen atoms in total. The van der Waals surface area contributed by atoms with Gasteiger partial charge in [0.25, 0.3) is 5.78 Å². The molecular formula is C27H25FN2O6S. The van der Waals surface area contributed by atoms with Crippen molar-refractivity contribution in [3.8, 4) is 5.75 Å². The van der Waals surface area contributed by atoms with Crippen LogP contribution >= 0.6 is 11.3 Å². The number of hydrogen-bond acceptors (Lipinski definition) is 8. The van der Waals surface area contributed by atoms with Gasteiger partial charge in [-0.25, -0.2) is 14.2 Å². The summed E-state index contributed by atoms with van der Waals surface area (Å²) in [5.41, 5.74) is 0.845. The van der Waals surface area contributed by atoms with E-state index in [0.29, 0.717) is 29.2 Å². The van der Waals surface area contributed by atoms with Crippen LogP contribution in [0.5, 0.6) is 5.75 Å². The lowest BCUT2D eigenvalue weighted by Gasteiger charge is -2.23. The number of ether oxygens (including phenoxy) is 2. The van der Waals surface area contributed by atoms with E-state index in [1.807, 2.05) is 6.92 Å². The Morgan fingerprint density at radius 1 is 1.11 bits per heavy atom. The SMILES string of the molecule is CCCOc1ccc(/C(O)=C2\C(=O)C(=O)N(c3nc(C)c(C(=O)OCC)s3)C2c2ccc(F)cc2)cc1. The van der Waals surface area contributed by atoms with E-state index in [4.69, 9.17) is 9.47 Å². The van der Waals surface area contributed by atoms with Crippen LogP contribution in [0.3, 0.4) is 0 Å². The smallest absolute Gasteiger partial charge is 0.350 e. The van der Waals surface area contributed by atoms with E-state index < -0.39 is 35.3 Å². The maximum absolute atomic E-state index is 13.7. The Hall–Kier alpha value is -4.05. The number of aliphatic hydroxyl groups is 1. The third kappa shape index (κ3) is 5.10. The fourth-order valence-corrected chi connectivity index (χ4v) is 4.93. The fraction of sp³-hybridized carbons (Fsp3) is 0.259. The Balaban J connectivity index is 1.84. The zero-order valence-corrected chi connectivity index (χ0v) is 21.3. The number of halogens is 1. The minimum atomic E-state index is -1.10. The predicted molar refractivity (Wildman–Crippen MR) is 136 cm³/mol. The van der Waals surface area contributed by atoms with Crippen LogP contribution < -0.4 is 9.64 Å². The van der Waals surface area contributed by atoms with Gasteiger partial charge in [-0.2, -0.15) is 0 Å². The number of carbonyl (C=O) groups is 3. The second-order valence-corrected chi connectivity index (χ2v) is 9.20. The van der Waals surface area contributed by atoms with Crippen LogP contribution in [0.15, 0.2) is 54.1 Å². The van der Waals surface area contributed by atoms with E-state index in [1.165, 1.54) is 24.3 Å². The number of amides is 1. The van der Waals surface area contributed by atoms with Crippen molar-refractivity contribution in [1.82, 2.24) is 4.98 Å². The molecule has 192 valence electrons. The molecule has 37 heavy (non-hydrogen) atoms. The summed E-state index contributed by atoms with van der Waals surface area (Å²) in [5, 5.41) is 11.3. The Morgan fingerprint density at radius 2 is 1.78 bits per heavy atom.